The first-order valence-electron chi connectivity index (χ1n) is 16.0. The number of anilines is 1. The van der Waals surface area contributed by atoms with Crippen molar-refractivity contribution in [2.75, 3.05) is 46.4 Å². The largest absolute Gasteiger partial charge is 0.497 e. The first-order valence-corrected chi connectivity index (χ1v) is 16.0. The van der Waals surface area contributed by atoms with E-state index in [9.17, 15) is 0 Å². The van der Waals surface area contributed by atoms with E-state index in [2.05, 4.69) is 92.6 Å². The Balaban J connectivity index is 1.17. The van der Waals surface area contributed by atoms with E-state index < -0.39 is 0 Å². The minimum Gasteiger partial charge on any atom is -0.497 e. The Morgan fingerprint density at radius 3 is 1.89 bits per heavy atom. The fourth-order valence-corrected chi connectivity index (χ4v) is 6.35. The van der Waals surface area contributed by atoms with Crippen molar-refractivity contribution in [1.29, 1.82) is 0 Å². The molecular formula is C39H42N4O4. The van der Waals surface area contributed by atoms with Crippen LogP contribution < -0.4 is 23.8 Å². The summed E-state index contributed by atoms with van der Waals surface area (Å²) >= 11 is 0. The zero-order chi connectivity index (χ0) is 32.6. The lowest BCUT2D eigenvalue weighted by Gasteiger charge is -2.40. The fraction of sp³-hybridized carbons (Fsp3) is 0.282. The van der Waals surface area contributed by atoms with E-state index in [-0.39, 0.29) is 0 Å². The molecule has 1 saturated heterocycles. The van der Waals surface area contributed by atoms with Crippen molar-refractivity contribution >= 4 is 5.69 Å². The van der Waals surface area contributed by atoms with Gasteiger partial charge in [-0.2, -0.15) is 0 Å². The van der Waals surface area contributed by atoms with Crippen molar-refractivity contribution < 1.29 is 18.9 Å². The van der Waals surface area contributed by atoms with Gasteiger partial charge in [0.25, 0.3) is 0 Å². The summed E-state index contributed by atoms with van der Waals surface area (Å²) in [5.41, 5.74) is 7.58. The van der Waals surface area contributed by atoms with Crippen LogP contribution in [-0.4, -0.2) is 62.4 Å². The second kappa shape index (κ2) is 15.0. The molecule has 1 aliphatic heterocycles. The normalized spacial score (nSPS) is 13.6. The molecule has 242 valence electrons. The number of hydrogen-bond acceptors (Lipinski definition) is 8. The lowest BCUT2D eigenvalue weighted by atomic mass is 10.00. The van der Waals surface area contributed by atoms with Gasteiger partial charge in [0, 0.05) is 61.4 Å². The van der Waals surface area contributed by atoms with E-state index >= 15 is 0 Å². The highest BCUT2D eigenvalue weighted by molar-refractivity contribution is 5.69. The van der Waals surface area contributed by atoms with Gasteiger partial charge in [-0.15, -0.1) is 0 Å². The Morgan fingerprint density at radius 1 is 0.660 bits per heavy atom. The maximum atomic E-state index is 5.57. The Bertz CT molecular complexity index is 1730. The predicted molar refractivity (Wildman–Crippen MR) is 186 cm³/mol. The third-order valence-corrected chi connectivity index (χ3v) is 8.84. The van der Waals surface area contributed by atoms with Crippen molar-refractivity contribution in [1.82, 2.24) is 14.9 Å². The van der Waals surface area contributed by atoms with E-state index in [0.29, 0.717) is 23.3 Å². The summed E-state index contributed by atoms with van der Waals surface area (Å²) in [5.74, 6) is 2.66. The average Bonchev–Trinajstić information content (AvgIpc) is 3.14. The second-order valence-electron chi connectivity index (χ2n) is 11.7. The highest BCUT2D eigenvalue weighted by Crippen LogP contribution is 2.41. The van der Waals surface area contributed by atoms with Crippen LogP contribution >= 0.6 is 0 Å². The zero-order valence-corrected chi connectivity index (χ0v) is 27.6. The van der Waals surface area contributed by atoms with Crippen LogP contribution in [0.5, 0.6) is 23.0 Å². The van der Waals surface area contributed by atoms with Gasteiger partial charge >= 0.3 is 0 Å². The molecule has 47 heavy (non-hydrogen) atoms. The lowest BCUT2D eigenvalue weighted by Crippen LogP contribution is -2.44. The summed E-state index contributed by atoms with van der Waals surface area (Å²) in [6.45, 7) is 3.68. The van der Waals surface area contributed by atoms with Crippen LogP contribution in [-0.2, 0) is 13.1 Å². The van der Waals surface area contributed by atoms with Crippen LogP contribution in [0.25, 0.3) is 22.5 Å². The SMILES string of the molecule is COc1ccc(N(Cc2ccnc(-c3ccccc3)c2)C2CCN(Cc3ccnc(-c4cc(OC)c(OC)c(OC)c4)c3)CC2)cc1. The van der Waals surface area contributed by atoms with Crippen molar-refractivity contribution in [3.8, 4) is 45.5 Å². The number of likely N-dealkylation sites (tertiary alicyclic amines) is 1. The first-order chi connectivity index (χ1) is 23.1. The molecule has 0 spiro atoms. The van der Waals surface area contributed by atoms with Crippen LogP contribution in [0.4, 0.5) is 5.69 Å². The molecule has 8 nitrogen and oxygen atoms in total. The van der Waals surface area contributed by atoms with Gasteiger partial charge < -0.3 is 23.8 Å². The van der Waals surface area contributed by atoms with Crippen molar-refractivity contribution in [2.45, 2.75) is 32.0 Å². The number of aromatic nitrogens is 2. The molecule has 2 aromatic heterocycles. The van der Waals surface area contributed by atoms with E-state index in [1.165, 1.54) is 16.8 Å². The van der Waals surface area contributed by atoms with E-state index in [0.717, 1.165) is 67.3 Å². The minimum absolute atomic E-state index is 0.403. The molecule has 1 aliphatic rings. The number of rotatable bonds is 12. The van der Waals surface area contributed by atoms with Crippen molar-refractivity contribution in [3.63, 3.8) is 0 Å². The summed E-state index contributed by atoms with van der Waals surface area (Å²) < 4.78 is 22.1. The zero-order valence-electron chi connectivity index (χ0n) is 27.6. The molecule has 0 bridgehead atoms. The number of benzene rings is 3. The number of piperidine rings is 1. The van der Waals surface area contributed by atoms with Gasteiger partial charge in [0.15, 0.2) is 11.5 Å². The van der Waals surface area contributed by atoms with E-state index in [1.54, 1.807) is 28.4 Å². The Kier molecular flexibility index (Phi) is 10.2. The highest BCUT2D eigenvalue weighted by atomic mass is 16.5. The number of hydrogen-bond donors (Lipinski definition) is 0. The molecule has 0 unspecified atom stereocenters. The maximum absolute atomic E-state index is 5.57. The molecule has 0 N–H and O–H groups in total. The monoisotopic (exact) mass is 630 g/mol. The number of methoxy groups -OCH3 is 4. The summed E-state index contributed by atoms with van der Waals surface area (Å²) in [5, 5.41) is 0. The number of nitrogens with zero attached hydrogens (tertiary/aromatic N) is 4. The fourth-order valence-electron chi connectivity index (χ4n) is 6.35. The maximum Gasteiger partial charge on any atom is 0.203 e. The number of ether oxygens (including phenoxy) is 4. The molecule has 3 aromatic carbocycles. The van der Waals surface area contributed by atoms with Gasteiger partial charge in [-0.25, -0.2) is 0 Å². The van der Waals surface area contributed by atoms with Crippen molar-refractivity contribution in [3.05, 3.63) is 115 Å². The molecule has 1 fully saturated rings. The average molecular weight is 631 g/mol. The summed E-state index contributed by atoms with van der Waals surface area (Å²) in [6.07, 6.45) is 5.93. The summed E-state index contributed by atoms with van der Waals surface area (Å²) in [7, 11) is 6.58. The molecule has 5 aromatic rings. The van der Waals surface area contributed by atoms with Gasteiger partial charge in [0.1, 0.15) is 5.75 Å². The standard InChI is InChI=1S/C39H42N4O4/c1-44-34-12-10-32(11-13-34)43(27-29-15-19-40-35(23-29)30-8-6-5-7-9-30)33-16-20-42(21-17-33)26-28-14-18-41-36(22-28)31-24-37(45-2)39(47-4)38(25-31)46-3/h5-15,18-19,22-25,33H,16-17,20-21,26-27H2,1-4H3. The summed E-state index contributed by atoms with van der Waals surface area (Å²) in [4.78, 5) is 14.4. The molecule has 3 heterocycles. The molecular weight excluding hydrogens is 588 g/mol. The summed E-state index contributed by atoms with van der Waals surface area (Å²) in [6, 6.07) is 31.7. The Labute approximate surface area is 277 Å². The molecule has 0 radical (unpaired) electrons. The van der Waals surface area contributed by atoms with Crippen LogP contribution in [0, 0.1) is 0 Å². The smallest absolute Gasteiger partial charge is 0.203 e. The lowest BCUT2D eigenvalue weighted by molar-refractivity contribution is 0.201. The Hall–Kier alpha value is -5.08. The predicted octanol–water partition coefficient (Wildman–Crippen LogP) is 7.52. The highest BCUT2D eigenvalue weighted by Gasteiger charge is 2.26. The van der Waals surface area contributed by atoms with Crippen LogP contribution in [0.3, 0.4) is 0 Å². The van der Waals surface area contributed by atoms with Gasteiger partial charge in [-0.05, 0) is 84.6 Å². The third kappa shape index (κ3) is 7.50. The van der Waals surface area contributed by atoms with Crippen LogP contribution in [0.2, 0.25) is 0 Å². The van der Waals surface area contributed by atoms with Crippen LogP contribution in [0.1, 0.15) is 24.0 Å². The molecule has 0 amide bonds. The second-order valence-corrected chi connectivity index (χ2v) is 11.7. The van der Waals surface area contributed by atoms with Gasteiger partial charge in [-0.3, -0.25) is 14.9 Å². The van der Waals surface area contributed by atoms with Gasteiger partial charge in [0.05, 0.1) is 39.8 Å². The molecule has 0 saturated carbocycles. The van der Waals surface area contributed by atoms with Crippen LogP contribution in [0.15, 0.2) is 103 Å². The third-order valence-electron chi connectivity index (χ3n) is 8.84. The van der Waals surface area contributed by atoms with Crippen molar-refractivity contribution in [2.24, 2.45) is 0 Å². The van der Waals surface area contributed by atoms with Gasteiger partial charge in [0.2, 0.25) is 5.75 Å². The number of pyridine rings is 2. The molecule has 6 rings (SSSR count). The Morgan fingerprint density at radius 2 is 1.28 bits per heavy atom. The minimum atomic E-state index is 0.403. The first kappa shape index (κ1) is 31.9. The molecule has 8 heteroatoms. The quantitative estimate of drug-likeness (QED) is 0.140. The molecule has 0 aliphatic carbocycles. The topological polar surface area (TPSA) is 69.2 Å². The van der Waals surface area contributed by atoms with E-state index in [4.69, 9.17) is 18.9 Å². The van der Waals surface area contributed by atoms with E-state index in [1.807, 2.05) is 30.6 Å². The molecule has 0 atom stereocenters. The van der Waals surface area contributed by atoms with Gasteiger partial charge in [-0.1, -0.05) is 30.3 Å².